The standard InChI is InChI=1S/C20H24BrN3O4S2/c1-16-3-7-18(8-4-16)29(25,26)23-12-20(21)11-22(14-23)15-24(13-20)30(27,28)19-9-5-17(2)6-10-19/h3-10H,11-15H2,1-2H3/p+1. The van der Waals surface area contributed by atoms with E-state index in [1.807, 2.05) is 13.8 Å². The minimum Gasteiger partial charge on any atom is -0.307 e. The topological polar surface area (TPSA) is 79.2 Å². The van der Waals surface area contributed by atoms with Crippen molar-refractivity contribution in [2.24, 2.45) is 0 Å². The number of aryl methyl sites for hydroxylation is 2. The highest BCUT2D eigenvalue weighted by atomic mass is 79.9. The minimum absolute atomic E-state index is 0.215. The van der Waals surface area contributed by atoms with E-state index in [1.165, 1.54) is 8.61 Å². The van der Waals surface area contributed by atoms with Crippen molar-refractivity contribution in [2.45, 2.75) is 28.0 Å². The third kappa shape index (κ3) is 4.09. The Bertz CT molecular complexity index is 1060. The lowest BCUT2D eigenvalue weighted by molar-refractivity contribution is -0.928. The van der Waals surface area contributed by atoms with Gasteiger partial charge in [0.2, 0.25) is 20.0 Å². The molecule has 162 valence electrons. The first-order valence-electron chi connectivity index (χ1n) is 9.66. The van der Waals surface area contributed by atoms with Gasteiger partial charge in [-0.15, -0.1) is 8.61 Å². The molecule has 2 fully saturated rings. The Hall–Kier alpha value is -1.30. The van der Waals surface area contributed by atoms with E-state index in [0.29, 0.717) is 6.54 Å². The van der Waals surface area contributed by atoms with Crippen LogP contribution in [0.3, 0.4) is 0 Å². The Kier molecular flexibility index (Phi) is 5.61. The Morgan fingerprint density at radius 1 is 0.767 bits per heavy atom. The molecule has 0 aromatic heterocycles. The summed E-state index contributed by atoms with van der Waals surface area (Å²) in [4.78, 5) is 1.40. The van der Waals surface area contributed by atoms with E-state index in [9.17, 15) is 16.8 Å². The van der Waals surface area contributed by atoms with Crippen molar-refractivity contribution < 1.29 is 21.7 Å². The highest BCUT2D eigenvalue weighted by Gasteiger charge is 2.51. The van der Waals surface area contributed by atoms with E-state index in [0.717, 1.165) is 16.0 Å². The number of sulfonamides is 2. The zero-order chi connectivity index (χ0) is 21.7. The largest absolute Gasteiger partial charge is 0.307 e. The molecular formula is C20H25BrN3O4S2+. The third-order valence-corrected chi connectivity index (χ3v) is 10.00. The SMILES string of the molecule is Cc1ccc(S(=O)(=O)N2C[NH+]3CN(S(=O)(=O)c4ccc(C)cc4)CC(Br)(C2)C3)cc1. The van der Waals surface area contributed by atoms with Gasteiger partial charge in [-0.25, -0.2) is 16.8 Å². The first-order valence-corrected chi connectivity index (χ1v) is 13.3. The van der Waals surface area contributed by atoms with Crippen LogP contribution in [0.1, 0.15) is 11.1 Å². The van der Waals surface area contributed by atoms with Gasteiger partial charge in [-0.1, -0.05) is 51.3 Å². The van der Waals surface area contributed by atoms with Gasteiger partial charge in [-0.2, -0.15) is 0 Å². The Labute approximate surface area is 186 Å². The molecule has 0 amide bonds. The van der Waals surface area contributed by atoms with E-state index in [4.69, 9.17) is 0 Å². The molecule has 0 spiro atoms. The van der Waals surface area contributed by atoms with Crippen LogP contribution in [-0.4, -0.2) is 62.7 Å². The summed E-state index contributed by atoms with van der Waals surface area (Å²) in [7, 11) is -7.31. The van der Waals surface area contributed by atoms with Crippen molar-refractivity contribution >= 4 is 36.0 Å². The van der Waals surface area contributed by atoms with E-state index in [-0.39, 0.29) is 36.2 Å². The summed E-state index contributed by atoms with van der Waals surface area (Å²) in [5.74, 6) is 0. The van der Waals surface area contributed by atoms with Gasteiger partial charge in [0.15, 0.2) is 0 Å². The molecule has 0 aliphatic carbocycles. The molecule has 2 aromatic carbocycles. The molecule has 7 nitrogen and oxygen atoms in total. The Morgan fingerprint density at radius 3 is 1.47 bits per heavy atom. The predicted molar refractivity (Wildman–Crippen MR) is 117 cm³/mol. The molecule has 4 rings (SSSR count). The van der Waals surface area contributed by atoms with Gasteiger partial charge in [0, 0.05) is 13.1 Å². The monoisotopic (exact) mass is 514 g/mol. The zero-order valence-corrected chi connectivity index (χ0v) is 20.1. The molecule has 2 saturated heterocycles. The van der Waals surface area contributed by atoms with Crippen molar-refractivity contribution in [1.82, 2.24) is 8.61 Å². The normalized spacial score (nSPS) is 25.9. The molecule has 2 heterocycles. The molecule has 30 heavy (non-hydrogen) atoms. The van der Waals surface area contributed by atoms with Gasteiger partial charge in [0.25, 0.3) is 0 Å². The summed E-state index contributed by atoms with van der Waals surface area (Å²) >= 11 is 3.69. The summed E-state index contributed by atoms with van der Waals surface area (Å²) in [6.45, 7) is 5.36. The predicted octanol–water partition coefficient (Wildman–Crippen LogP) is 0.946. The molecule has 2 aromatic rings. The van der Waals surface area contributed by atoms with Crippen molar-refractivity contribution in [3.8, 4) is 0 Å². The fourth-order valence-corrected chi connectivity index (χ4v) is 8.50. The first-order chi connectivity index (χ1) is 14.0. The van der Waals surface area contributed by atoms with Gasteiger partial charge in [-0.05, 0) is 38.1 Å². The molecule has 2 aliphatic heterocycles. The van der Waals surface area contributed by atoms with Crippen LogP contribution >= 0.6 is 15.9 Å². The summed E-state index contributed by atoms with van der Waals surface area (Å²) in [5, 5.41) is 0. The second-order valence-corrected chi connectivity index (χ2v) is 13.8. The van der Waals surface area contributed by atoms with E-state index in [1.54, 1.807) is 48.5 Å². The zero-order valence-electron chi connectivity index (χ0n) is 16.9. The number of rotatable bonds is 4. The second kappa shape index (κ2) is 7.68. The molecule has 0 radical (unpaired) electrons. The molecule has 1 N–H and O–H groups in total. The number of alkyl halides is 1. The van der Waals surface area contributed by atoms with Crippen LogP contribution in [0.2, 0.25) is 0 Å². The Balaban J connectivity index is 1.58. The van der Waals surface area contributed by atoms with Crippen LogP contribution in [0, 0.1) is 13.8 Å². The number of benzene rings is 2. The maximum atomic E-state index is 13.2. The van der Waals surface area contributed by atoms with E-state index < -0.39 is 24.4 Å². The molecule has 0 unspecified atom stereocenters. The van der Waals surface area contributed by atoms with Crippen LogP contribution in [0.4, 0.5) is 0 Å². The smallest absolute Gasteiger partial charge is 0.247 e. The number of nitrogens with zero attached hydrogens (tertiary/aromatic N) is 2. The van der Waals surface area contributed by atoms with E-state index >= 15 is 0 Å². The third-order valence-electron chi connectivity index (χ3n) is 5.60. The maximum Gasteiger partial charge on any atom is 0.247 e. The number of nitrogens with one attached hydrogen (secondary N) is 1. The van der Waals surface area contributed by atoms with Crippen LogP contribution < -0.4 is 4.90 Å². The number of fused-ring (bicyclic) bond motifs is 2. The van der Waals surface area contributed by atoms with Crippen LogP contribution in [0.5, 0.6) is 0 Å². The maximum absolute atomic E-state index is 13.2. The molecule has 2 bridgehead atoms. The molecule has 10 heteroatoms. The van der Waals surface area contributed by atoms with E-state index in [2.05, 4.69) is 15.9 Å². The fourth-order valence-electron chi connectivity index (χ4n) is 4.07. The molecular weight excluding hydrogens is 490 g/mol. The summed E-state index contributed by atoms with van der Waals surface area (Å²) in [6, 6.07) is 13.6. The van der Waals surface area contributed by atoms with Gasteiger partial charge < -0.3 is 4.90 Å². The van der Waals surface area contributed by atoms with Gasteiger partial charge in [0.1, 0.15) is 17.7 Å². The summed E-state index contributed by atoms with van der Waals surface area (Å²) in [5.41, 5.74) is 1.99. The van der Waals surface area contributed by atoms with Crippen molar-refractivity contribution in [3.05, 3.63) is 59.7 Å². The lowest BCUT2D eigenvalue weighted by Crippen LogP contribution is -3.20. The first kappa shape index (κ1) is 21.9. The quantitative estimate of drug-likeness (QED) is 0.616. The molecule has 2 aliphatic rings. The number of quaternary nitrogens is 1. The van der Waals surface area contributed by atoms with Crippen molar-refractivity contribution in [3.63, 3.8) is 0 Å². The second-order valence-electron chi connectivity index (χ2n) is 8.25. The van der Waals surface area contributed by atoms with Crippen LogP contribution in [-0.2, 0) is 20.0 Å². The average Bonchev–Trinajstić information content (AvgIpc) is 2.67. The minimum atomic E-state index is -3.65. The summed E-state index contributed by atoms with van der Waals surface area (Å²) in [6.07, 6.45) is 0. The molecule has 0 atom stereocenters. The Morgan fingerprint density at radius 2 is 1.13 bits per heavy atom. The van der Waals surface area contributed by atoms with Gasteiger partial charge >= 0.3 is 0 Å². The van der Waals surface area contributed by atoms with Gasteiger partial charge in [-0.3, -0.25) is 0 Å². The van der Waals surface area contributed by atoms with Gasteiger partial charge in [0.05, 0.1) is 16.3 Å². The van der Waals surface area contributed by atoms with Crippen molar-refractivity contribution in [2.75, 3.05) is 33.0 Å². The lowest BCUT2D eigenvalue weighted by Gasteiger charge is -2.48. The number of hydrogen-bond donors (Lipinski definition) is 1. The highest BCUT2D eigenvalue weighted by Crippen LogP contribution is 2.30. The molecule has 0 saturated carbocycles. The lowest BCUT2D eigenvalue weighted by atomic mass is 10.1. The number of halogens is 1. The van der Waals surface area contributed by atoms with Crippen LogP contribution in [0.15, 0.2) is 58.3 Å². The van der Waals surface area contributed by atoms with Crippen molar-refractivity contribution in [1.29, 1.82) is 0 Å². The average molecular weight is 515 g/mol. The summed E-state index contributed by atoms with van der Waals surface area (Å²) < 4.78 is 54.9. The number of hydrogen-bond acceptors (Lipinski definition) is 4. The fraction of sp³-hybridized carbons (Fsp3) is 0.400. The van der Waals surface area contributed by atoms with Crippen LogP contribution in [0.25, 0.3) is 0 Å². The highest BCUT2D eigenvalue weighted by molar-refractivity contribution is 9.10.